The second kappa shape index (κ2) is 17.2. The molecule has 0 saturated carbocycles. The number of nitrogens with one attached hydrogen (secondary N) is 1. The first-order chi connectivity index (χ1) is 25.7. The van der Waals surface area contributed by atoms with Crippen molar-refractivity contribution in [1.82, 2.24) is 35.2 Å². The third-order valence-electron chi connectivity index (χ3n) is 10.7. The summed E-state index contributed by atoms with van der Waals surface area (Å²) in [6.07, 6.45) is 6.41. The number of hydrogen-bond donors (Lipinski definition) is 1. The number of fused-ring (bicyclic) bond motifs is 1. The summed E-state index contributed by atoms with van der Waals surface area (Å²) < 4.78 is 32.5. The summed E-state index contributed by atoms with van der Waals surface area (Å²) in [5.41, 5.74) is -0.235. The molecule has 2 fully saturated rings. The number of carbonyl (C=O) groups excluding carboxylic acids is 4. The summed E-state index contributed by atoms with van der Waals surface area (Å²) in [5.74, 6) is -4.53. The van der Waals surface area contributed by atoms with Gasteiger partial charge in [0.2, 0.25) is 17.4 Å². The summed E-state index contributed by atoms with van der Waals surface area (Å²) in [4.78, 5) is 63.6. The average Bonchev–Trinajstić information content (AvgIpc) is 3.56. The number of ether oxygens (including phenoxy) is 3. The van der Waals surface area contributed by atoms with Crippen molar-refractivity contribution in [3.8, 4) is 23.1 Å². The second-order valence-corrected chi connectivity index (χ2v) is 15.2. The molecule has 1 aromatic heterocycles. The molecule has 2 atom stereocenters. The molecule has 4 heterocycles. The molecule has 0 radical (unpaired) electrons. The van der Waals surface area contributed by atoms with Crippen LogP contribution in [0.25, 0.3) is 0 Å². The number of carbonyl (C=O) groups is 4. The van der Waals surface area contributed by atoms with Crippen molar-refractivity contribution in [3.05, 3.63) is 35.9 Å². The Kier molecular flexibility index (Phi) is 12.9. The van der Waals surface area contributed by atoms with Gasteiger partial charge >= 0.3 is 11.9 Å². The maximum Gasteiger partial charge on any atom is 0.336 e. The van der Waals surface area contributed by atoms with Crippen molar-refractivity contribution in [2.75, 3.05) is 58.3 Å². The van der Waals surface area contributed by atoms with Gasteiger partial charge in [-0.2, -0.15) is 0 Å². The number of nitrogens with zero attached hydrogens (tertiary/aromatic N) is 7. The Labute approximate surface area is 316 Å². The number of likely N-dealkylation sites (tertiary alicyclic amines) is 1. The molecule has 0 unspecified atom stereocenters. The third-order valence-corrected chi connectivity index (χ3v) is 10.7. The standard InChI is InChI=1S/C38H53FN8O7/c1-9-47(24(4)5)37(51)26-18-27(39)33-34(53-31(50)13-12-30(49)52-33)32(26)54-36-35(41-22-42-43-36)45-16-14-38(19-45)20-46(21-38)28(23(2)3)11-10-15-44(8)25(6)17-29(48)40-7/h12-13,18,22-25,28H,9-11,14-17,19-21H2,1-8H3,(H,40,48)/b13-12+/t25-,28+/m0/s1. The molecule has 0 aliphatic carbocycles. The molecule has 1 aromatic carbocycles. The van der Waals surface area contributed by atoms with E-state index in [1.54, 1.807) is 14.0 Å². The van der Waals surface area contributed by atoms with E-state index in [2.05, 4.69) is 63.0 Å². The maximum atomic E-state index is 15.6. The zero-order chi connectivity index (χ0) is 39.3. The van der Waals surface area contributed by atoms with Gasteiger partial charge < -0.3 is 34.2 Å². The molecule has 1 spiro atoms. The van der Waals surface area contributed by atoms with Gasteiger partial charge in [-0.1, -0.05) is 13.8 Å². The first-order valence-corrected chi connectivity index (χ1v) is 18.7. The fraction of sp³-hybridized carbons (Fsp3) is 0.605. The van der Waals surface area contributed by atoms with Crippen LogP contribution in [0.5, 0.6) is 23.1 Å². The summed E-state index contributed by atoms with van der Waals surface area (Å²) in [6.45, 7) is 16.4. The molecule has 3 aliphatic rings. The van der Waals surface area contributed by atoms with Crippen molar-refractivity contribution in [1.29, 1.82) is 0 Å². The molecule has 2 saturated heterocycles. The number of halogens is 1. The second-order valence-electron chi connectivity index (χ2n) is 15.2. The quantitative estimate of drug-likeness (QED) is 0.207. The van der Waals surface area contributed by atoms with Gasteiger partial charge in [0.15, 0.2) is 17.4 Å². The van der Waals surface area contributed by atoms with E-state index >= 15 is 4.39 Å². The first-order valence-electron chi connectivity index (χ1n) is 18.7. The molecule has 1 N–H and O–H groups in total. The fourth-order valence-corrected chi connectivity index (χ4v) is 7.64. The van der Waals surface area contributed by atoms with E-state index in [1.165, 1.54) is 11.2 Å². The molecule has 2 aromatic rings. The van der Waals surface area contributed by atoms with Crippen molar-refractivity contribution in [3.63, 3.8) is 0 Å². The summed E-state index contributed by atoms with van der Waals surface area (Å²) in [6, 6.07) is 1.22. The minimum atomic E-state index is -1.09. The van der Waals surface area contributed by atoms with Crippen molar-refractivity contribution in [2.24, 2.45) is 11.3 Å². The van der Waals surface area contributed by atoms with Crippen LogP contribution in [-0.2, 0) is 14.4 Å². The lowest BCUT2D eigenvalue weighted by Crippen LogP contribution is -2.62. The zero-order valence-corrected chi connectivity index (χ0v) is 32.6. The van der Waals surface area contributed by atoms with E-state index in [4.69, 9.17) is 14.2 Å². The SMILES string of the molecule is CCN(C(=O)c1cc(F)c2c(c1Oc1nncnc1N1CCC3(C1)CN([C@H](CCCN(C)[C@@H](C)CC(=O)NC)C(C)C)C3)OC(=O)/C=C/C(=O)O2)C(C)C. The number of hydrogen-bond acceptors (Lipinski definition) is 13. The van der Waals surface area contributed by atoms with Crippen LogP contribution in [0.4, 0.5) is 10.2 Å². The van der Waals surface area contributed by atoms with Gasteiger partial charge in [-0.15, -0.1) is 10.2 Å². The first kappa shape index (κ1) is 40.5. The van der Waals surface area contributed by atoms with Crippen molar-refractivity contribution >= 4 is 29.6 Å². The van der Waals surface area contributed by atoms with Crippen LogP contribution < -0.4 is 24.4 Å². The van der Waals surface area contributed by atoms with Crippen molar-refractivity contribution in [2.45, 2.75) is 85.4 Å². The van der Waals surface area contributed by atoms with Gasteiger partial charge in [0.1, 0.15) is 6.33 Å². The largest absolute Gasteiger partial charge is 0.430 e. The number of aromatic nitrogens is 3. The average molecular weight is 753 g/mol. The lowest BCUT2D eigenvalue weighted by molar-refractivity contribution is -0.133. The smallest absolute Gasteiger partial charge is 0.336 e. The molecule has 54 heavy (non-hydrogen) atoms. The fourth-order valence-electron chi connectivity index (χ4n) is 7.64. The Bertz CT molecular complexity index is 1750. The van der Waals surface area contributed by atoms with Crippen LogP contribution in [-0.4, -0.2) is 125 Å². The van der Waals surface area contributed by atoms with Gasteiger partial charge in [-0.25, -0.2) is 19.0 Å². The maximum absolute atomic E-state index is 15.6. The molecule has 3 aliphatic heterocycles. The summed E-state index contributed by atoms with van der Waals surface area (Å²) >= 11 is 0. The van der Waals surface area contributed by atoms with Gasteiger partial charge in [-0.3, -0.25) is 14.5 Å². The van der Waals surface area contributed by atoms with Crippen LogP contribution in [0.15, 0.2) is 24.5 Å². The van der Waals surface area contributed by atoms with E-state index in [1.807, 2.05) is 13.8 Å². The van der Waals surface area contributed by atoms with Crippen LogP contribution in [0.2, 0.25) is 0 Å². The van der Waals surface area contributed by atoms with Gasteiger partial charge in [0.25, 0.3) is 11.8 Å². The van der Waals surface area contributed by atoms with E-state index in [9.17, 15) is 19.2 Å². The lowest BCUT2D eigenvalue weighted by atomic mass is 9.76. The Morgan fingerprint density at radius 3 is 2.39 bits per heavy atom. The number of rotatable bonds is 15. The molecule has 2 amide bonds. The molecule has 0 bridgehead atoms. The zero-order valence-electron chi connectivity index (χ0n) is 32.6. The van der Waals surface area contributed by atoms with Gasteiger partial charge in [0.05, 0.1) is 5.56 Å². The normalized spacial score (nSPS) is 18.4. The lowest BCUT2D eigenvalue weighted by Gasteiger charge is -2.53. The predicted octanol–water partition coefficient (Wildman–Crippen LogP) is 3.83. The molecular weight excluding hydrogens is 699 g/mol. The third kappa shape index (κ3) is 8.97. The number of amides is 2. The summed E-state index contributed by atoms with van der Waals surface area (Å²) in [7, 11) is 3.73. The molecule has 16 heteroatoms. The van der Waals surface area contributed by atoms with Gasteiger partial charge in [-0.05, 0) is 72.5 Å². The molecular formula is C38H53FN8O7. The summed E-state index contributed by atoms with van der Waals surface area (Å²) in [5, 5.41) is 10.8. The Balaban J connectivity index is 1.35. The van der Waals surface area contributed by atoms with Crippen molar-refractivity contribution < 1.29 is 37.8 Å². The number of benzene rings is 1. The molecule has 15 nitrogen and oxygen atoms in total. The minimum absolute atomic E-state index is 0.0233. The topological polar surface area (TPSA) is 160 Å². The van der Waals surface area contributed by atoms with E-state index < -0.39 is 35.2 Å². The highest BCUT2D eigenvalue weighted by molar-refractivity contribution is 6.01. The van der Waals surface area contributed by atoms with Crippen LogP contribution >= 0.6 is 0 Å². The highest BCUT2D eigenvalue weighted by Crippen LogP contribution is 2.48. The molecule has 294 valence electrons. The van der Waals surface area contributed by atoms with E-state index in [0.29, 0.717) is 43.8 Å². The Morgan fingerprint density at radius 1 is 1.07 bits per heavy atom. The highest BCUT2D eigenvalue weighted by Gasteiger charge is 2.50. The minimum Gasteiger partial charge on any atom is -0.430 e. The van der Waals surface area contributed by atoms with E-state index in [-0.39, 0.29) is 40.6 Å². The molecule has 5 rings (SSSR count). The van der Waals surface area contributed by atoms with E-state index in [0.717, 1.165) is 57.1 Å². The van der Waals surface area contributed by atoms with Gasteiger partial charge in [0, 0.05) is 81.9 Å². The monoisotopic (exact) mass is 752 g/mol. The van der Waals surface area contributed by atoms with Crippen LogP contribution in [0.1, 0.15) is 77.6 Å². The van der Waals surface area contributed by atoms with Crippen LogP contribution in [0.3, 0.4) is 0 Å². The van der Waals surface area contributed by atoms with Crippen LogP contribution in [0, 0.1) is 17.2 Å². The Morgan fingerprint density at radius 2 is 1.76 bits per heavy atom. The number of esters is 2. The Hall–Kier alpha value is -4.70. The predicted molar refractivity (Wildman–Crippen MR) is 198 cm³/mol. The highest BCUT2D eigenvalue weighted by atomic mass is 19.1. The number of anilines is 1.